The van der Waals surface area contributed by atoms with E-state index in [1.54, 1.807) is 13.2 Å². The molecule has 0 radical (unpaired) electrons. The molecule has 0 spiro atoms. The molecule has 1 aromatic heterocycles. The summed E-state index contributed by atoms with van der Waals surface area (Å²) < 4.78 is 4.75. The zero-order valence-electron chi connectivity index (χ0n) is 6.24. The van der Waals surface area contributed by atoms with Gasteiger partial charge < -0.3 is 4.42 Å². The number of hydrogen-bond acceptors (Lipinski definition) is 4. The minimum atomic E-state index is -0.147. The van der Waals surface area contributed by atoms with E-state index in [-0.39, 0.29) is 6.04 Å². The van der Waals surface area contributed by atoms with Crippen LogP contribution >= 0.6 is 0 Å². The van der Waals surface area contributed by atoms with Crippen molar-refractivity contribution in [1.82, 2.24) is 10.3 Å². The Morgan fingerprint density at radius 2 is 2.73 bits per heavy atom. The maximum atomic E-state index is 8.41. The predicted molar refractivity (Wildman–Crippen MR) is 38.4 cm³/mol. The highest BCUT2D eigenvalue weighted by Gasteiger charge is 1.99. The molecule has 0 bridgehead atoms. The molecular weight excluding hydrogens is 142 g/mol. The highest BCUT2D eigenvalue weighted by molar-refractivity contribution is 4.93. The van der Waals surface area contributed by atoms with Crippen molar-refractivity contribution < 1.29 is 4.42 Å². The van der Waals surface area contributed by atoms with Crippen molar-refractivity contribution >= 4 is 0 Å². The van der Waals surface area contributed by atoms with Gasteiger partial charge in [-0.25, -0.2) is 4.98 Å². The van der Waals surface area contributed by atoms with Crippen LogP contribution in [0, 0.1) is 11.3 Å². The highest BCUT2D eigenvalue weighted by atomic mass is 16.3. The first-order valence-electron chi connectivity index (χ1n) is 3.33. The number of rotatable bonds is 3. The summed E-state index contributed by atoms with van der Waals surface area (Å²) in [6.45, 7) is 2.37. The van der Waals surface area contributed by atoms with Crippen molar-refractivity contribution in [2.75, 3.05) is 0 Å². The Morgan fingerprint density at radius 1 is 1.91 bits per heavy atom. The van der Waals surface area contributed by atoms with Gasteiger partial charge in [0.05, 0.1) is 17.8 Å². The van der Waals surface area contributed by atoms with Crippen LogP contribution in [0.4, 0.5) is 0 Å². The van der Waals surface area contributed by atoms with Crippen LogP contribution in [0.15, 0.2) is 17.1 Å². The molecule has 0 aliphatic rings. The quantitative estimate of drug-likeness (QED) is 0.689. The van der Waals surface area contributed by atoms with Crippen molar-refractivity contribution in [1.29, 1.82) is 5.26 Å². The van der Waals surface area contributed by atoms with Gasteiger partial charge in [-0.2, -0.15) is 5.26 Å². The van der Waals surface area contributed by atoms with Gasteiger partial charge >= 0.3 is 0 Å². The summed E-state index contributed by atoms with van der Waals surface area (Å²) >= 11 is 0. The number of nitrogens with zero attached hydrogens (tertiary/aromatic N) is 2. The van der Waals surface area contributed by atoms with Crippen LogP contribution in [0.1, 0.15) is 12.6 Å². The third kappa shape index (κ3) is 2.40. The maximum Gasteiger partial charge on any atom is 0.180 e. The van der Waals surface area contributed by atoms with Gasteiger partial charge in [-0.05, 0) is 6.92 Å². The Hall–Kier alpha value is -1.34. The van der Waals surface area contributed by atoms with Gasteiger partial charge in [-0.15, -0.1) is 0 Å². The molecule has 0 saturated carbocycles. The second-order valence-electron chi connectivity index (χ2n) is 2.21. The van der Waals surface area contributed by atoms with Gasteiger partial charge in [-0.3, -0.25) is 5.32 Å². The van der Waals surface area contributed by atoms with E-state index in [1.165, 1.54) is 6.39 Å². The fourth-order valence-electron chi connectivity index (χ4n) is 0.628. The summed E-state index contributed by atoms with van der Waals surface area (Å²) in [7, 11) is 0. The van der Waals surface area contributed by atoms with E-state index in [4.69, 9.17) is 9.68 Å². The SMILES string of the molecule is CC(C#N)NCc1cocn1. The Kier molecular flexibility index (Phi) is 2.64. The number of nitriles is 1. The number of nitrogens with one attached hydrogen (secondary N) is 1. The lowest BCUT2D eigenvalue weighted by atomic mass is 10.3. The third-order valence-corrected chi connectivity index (χ3v) is 1.27. The monoisotopic (exact) mass is 151 g/mol. The average Bonchev–Trinajstić information content (AvgIpc) is 2.52. The maximum absolute atomic E-state index is 8.41. The largest absolute Gasteiger partial charge is 0.451 e. The van der Waals surface area contributed by atoms with E-state index in [2.05, 4.69) is 16.4 Å². The summed E-state index contributed by atoms with van der Waals surface area (Å²) in [6, 6.07) is 1.91. The molecule has 0 amide bonds. The fraction of sp³-hybridized carbons (Fsp3) is 0.429. The zero-order valence-corrected chi connectivity index (χ0v) is 6.24. The first kappa shape index (κ1) is 7.76. The second-order valence-corrected chi connectivity index (χ2v) is 2.21. The summed E-state index contributed by atoms with van der Waals surface area (Å²) in [5.74, 6) is 0. The van der Waals surface area contributed by atoms with Crippen LogP contribution in [0.25, 0.3) is 0 Å². The molecule has 1 aromatic rings. The number of oxazole rings is 1. The molecule has 1 N–H and O–H groups in total. The van der Waals surface area contributed by atoms with Gasteiger partial charge in [0, 0.05) is 6.54 Å². The van der Waals surface area contributed by atoms with Crippen molar-refractivity contribution in [3.8, 4) is 6.07 Å². The summed E-state index contributed by atoms with van der Waals surface area (Å²) in [5.41, 5.74) is 0.812. The smallest absolute Gasteiger partial charge is 0.180 e. The molecule has 0 aliphatic heterocycles. The van der Waals surface area contributed by atoms with Gasteiger partial charge in [0.1, 0.15) is 6.26 Å². The third-order valence-electron chi connectivity index (χ3n) is 1.27. The molecule has 0 aromatic carbocycles. The summed E-state index contributed by atoms with van der Waals surface area (Å²) in [5, 5.41) is 11.4. The fourth-order valence-corrected chi connectivity index (χ4v) is 0.628. The molecule has 1 unspecified atom stereocenters. The van der Waals surface area contributed by atoms with Crippen LogP contribution in [0.3, 0.4) is 0 Å². The molecule has 11 heavy (non-hydrogen) atoms. The molecule has 4 nitrogen and oxygen atoms in total. The van der Waals surface area contributed by atoms with Crippen molar-refractivity contribution in [2.24, 2.45) is 0 Å². The lowest BCUT2D eigenvalue weighted by molar-refractivity contribution is 0.553. The van der Waals surface area contributed by atoms with Crippen LogP contribution in [-0.2, 0) is 6.54 Å². The van der Waals surface area contributed by atoms with Crippen molar-refractivity contribution in [3.05, 3.63) is 18.4 Å². The van der Waals surface area contributed by atoms with Crippen LogP contribution < -0.4 is 5.32 Å². The standard InChI is InChI=1S/C7H9N3O/c1-6(2-8)9-3-7-4-11-5-10-7/h4-6,9H,3H2,1H3. The van der Waals surface area contributed by atoms with E-state index < -0.39 is 0 Å². The highest BCUT2D eigenvalue weighted by Crippen LogP contribution is 1.93. The van der Waals surface area contributed by atoms with Gasteiger partial charge in [0.2, 0.25) is 0 Å². The predicted octanol–water partition coefficient (Wildman–Crippen LogP) is 0.676. The molecule has 4 heteroatoms. The van der Waals surface area contributed by atoms with E-state index in [1.807, 2.05) is 0 Å². The first-order chi connectivity index (χ1) is 5.33. The van der Waals surface area contributed by atoms with Crippen LogP contribution in [0.5, 0.6) is 0 Å². The van der Waals surface area contributed by atoms with Crippen molar-refractivity contribution in [3.63, 3.8) is 0 Å². The number of hydrogen-bond donors (Lipinski definition) is 1. The lowest BCUT2D eigenvalue weighted by Crippen LogP contribution is -2.23. The van der Waals surface area contributed by atoms with E-state index in [0.29, 0.717) is 6.54 Å². The minimum Gasteiger partial charge on any atom is -0.451 e. The first-order valence-corrected chi connectivity index (χ1v) is 3.33. The molecule has 0 saturated heterocycles. The van der Waals surface area contributed by atoms with Crippen LogP contribution in [0.2, 0.25) is 0 Å². The average molecular weight is 151 g/mol. The van der Waals surface area contributed by atoms with Gasteiger partial charge in [0.15, 0.2) is 6.39 Å². The lowest BCUT2D eigenvalue weighted by Gasteiger charge is -2.01. The topological polar surface area (TPSA) is 61.9 Å². The van der Waals surface area contributed by atoms with Gasteiger partial charge in [0.25, 0.3) is 0 Å². The van der Waals surface area contributed by atoms with E-state index in [9.17, 15) is 0 Å². The summed E-state index contributed by atoms with van der Waals surface area (Å²) in [4.78, 5) is 3.88. The Balaban J connectivity index is 2.30. The Morgan fingerprint density at radius 3 is 3.27 bits per heavy atom. The molecule has 1 rings (SSSR count). The summed E-state index contributed by atoms with van der Waals surface area (Å²) in [6.07, 6.45) is 2.92. The van der Waals surface area contributed by atoms with Crippen molar-refractivity contribution in [2.45, 2.75) is 19.5 Å². The molecule has 58 valence electrons. The Labute approximate surface area is 64.8 Å². The van der Waals surface area contributed by atoms with E-state index in [0.717, 1.165) is 5.69 Å². The second kappa shape index (κ2) is 3.74. The normalized spacial score (nSPS) is 12.4. The molecule has 0 aliphatic carbocycles. The molecule has 0 fully saturated rings. The Bertz CT molecular complexity index is 237. The van der Waals surface area contributed by atoms with Gasteiger partial charge in [-0.1, -0.05) is 0 Å². The molecule has 1 heterocycles. The minimum absolute atomic E-state index is 0.147. The van der Waals surface area contributed by atoms with E-state index >= 15 is 0 Å². The molecule has 1 atom stereocenters. The zero-order chi connectivity index (χ0) is 8.10. The van der Waals surface area contributed by atoms with Crippen LogP contribution in [-0.4, -0.2) is 11.0 Å². The molecular formula is C7H9N3O. The number of aromatic nitrogens is 1.